The van der Waals surface area contributed by atoms with Crippen LogP contribution in [0.4, 0.5) is 0 Å². The molecule has 0 saturated heterocycles. The van der Waals surface area contributed by atoms with Gasteiger partial charge in [-0.1, -0.05) is 69.9 Å². The molecule has 32 heavy (non-hydrogen) atoms. The number of rotatable bonds is 7. The van der Waals surface area contributed by atoms with Gasteiger partial charge in [-0.3, -0.25) is 4.99 Å². The second-order valence-corrected chi connectivity index (χ2v) is 10.1. The van der Waals surface area contributed by atoms with Crippen LogP contribution in [0.5, 0.6) is 5.75 Å². The molecule has 176 valence electrons. The molecule has 0 unspecified atom stereocenters. The highest BCUT2D eigenvalue weighted by Gasteiger charge is 2.19. The lowest BCUT2D eigenvalue weighted by atomic mass is 9.94. The van der Waals surface area contributed by atoms with E-state index in [1.807, 2.05) is 6.07 Å². The third-order valence-electron chi connectivity index (χ3n) is 7.48. The zero-order valence-corrected chi connectivity index (χ0v) is 20.1. The largest absolute Gasteiger partial charge is 0.497 e. The van der Waals surface area contributed by atoms with Gasteiger partial charge in [-0.05, 0) is 50.7 Å². The van der Waals surface area contributed by atoms with E-state index in [1.54, 1.807) is 7.11 Å². The Kier molecular flexibility index (Phi) is 8.93. The number of amidine groups is 1. The summed E-state index contributed by atoms with van der Waals surface area (Å²) in [7, 11) is 1.75. The Labute approximate surface area is 195 Å². The fourth-order valence-corrected chi connectivity index (χ4v) is 5.58. The summed E-state index contributed by atoms with van der Waals surface area (Å²) in [6.07, 6.45) is 21.9. The van der Waals surface area contributed by atoms with Crippen LogP contribution in [0, 0.1) is 0 Å². The van der Waals surface area contributed by atoms with Crippen LogP contribution in [-0.2, 0) is 0 Å². The van der Waals surface area contributed by atoms with Crippen molar-refractivity contribution in [2.45, 2.75) is 114 Å². The van der Waals surface area contributed by atoms with Gasteiger partial charge in [-0.25, -0.2) is 0 Å². The number of aliphatic imine (C=N–C) groups is 1. The number of nitrogens with zero attached hydrogens (tertiary/aromatic N) is 1. The molecule has 0 spiro atoms. The molecule has 3 fully saturated rings. The van der Waals surface area contributed by atoms with E-state index in [-0.39, 0.29) is 0 Å². The van der Waals surface area contributed by atoms with Gasteiger partial charge in [0.2, 0.25) is 0 Å². The second-order valence-electron chi connectivity index (χ2n) is 10.1. The van der Waals surface area contributed by atoms with E-state index in [0.717, 1.165) is 11.6 Å². The molecule has 1 aromatic carbocycles. The van der Waals surface area contributed by atoms with Crippen LogP contribution in [0.15, 0.2) is 35.3 Å². The summed E-state index contributed by atoms with van der Waals surface area (Å²) in [6.45, 7) is 0. The fraction of sp³-hybridized carbons (Fsp3) is 0.679. The van der Waals surface area contributed by atoms with Crippen LogP contribution in [0.3, 0.4) is 0 Å². The van der Waals surface area contributed by atoms with E-state index in [1.165, 1.54) is 108 Å². The maximum Gasteiger partial charge on any atom is 0.123 e. The number of nitrogens with one attached hydrogen (secondary N) is 2. The van der Waals surface area contributed by atoms with E-state index < -0.39 is 0 Å². The van der Waals surface area contributed by atoms with Crippen LogP contribution < -0.4 is 15.4 Å². The van der Waals surface area contributed by atoms with Gasteiger partial charge in [0.1, 0.15) is 11.6 Å². The van der Waals surface area contributed by atoms with E-state index in [0.29, 0.717) is 18.1 Å². The zero-order valence-electron chi connectivity index (χ0n) is 20.1. The van der Waals surface area contributed by atoms with E-state index in [2.05, 4.69) is 34.9 Å². The number of benzene rings is 1. The maximum atomic E-state index is 5.54. The Bertz CT molecular complexity index is 754. The van der Waals surface area contributed by atoms with Gasteiger partial charge in [0.05, 0.1) is 13.2 Å². The third-order valence-corrected chi connectivity index (χ3v) is 7.48. The molecule has 4 heteroatoms. The van der Waals surface area contributed by atoms with Crippen molar-refractivity contribution in [3.8, 4) is 5.75 Å². The van der Waals surface area contributed by atoms with Crippen LogP contribution in [0.1, 0.15) is 102 Å². The van der Waals surface area contributed by atoms with Crippen molar-refractivity contribution >= 4 is 11.5 Å². The minimum absolute atomic E-state index is 0.465. The first kappa shape index (κ1) is 23.2. The Morgan fingerprint density at radius 2 is 1.41 bits per heavy atom. The lowest BCUT2D eigenvalue weighted by Gasteiger charge is -2.28. The molecule has 0 aromatic heterocycles. The summed E-state index contributed by atoms with van der Waals surface area (Å²) in [4.78, 5) is 5.29. The SMILES string of the molecule is COc1cccc(/C(=C/C(=NC2CCCCC2)NC2CCCCC2)NC2CCCCC2)c1. The molecule has 0 atom stereocenters. The molecule has 0 amide bonds. The molecule has 0 radical (unpaired) electrons. The molecule has 2 N–H and O–H groups in total. The molecular formula is C28H43N3O. The van der Waals surface area contributed by atoms with Gasteiger partial charge in [0.25, 0.3) is 0 Å². The Hall–Kier alpha value is -1.97. The van der Waals surface area contributed by atoms with Crippen LogP contribution in [-0.4, -0.2) is 31.1 Å². The van der Waals surface area contributed by atoms with Crippen molar-refractivity contribution in [2.75, 3.05) is 7.11 Å². The van der Waals surface area contributed by atoms with Crippen molar-refractivity contribution in [3.05, 3.63) is 35.9 Å². The van der Waals surface area contributed by atoms with Crippen molar-refractivity contribution in [1.82, 2.24) is 10.6 Å². The smallest absolute Gasteiger partial charge is 0.123 e. The van der Waals surface area contributed by atoms with E-state index >= 15 is 0 Å². The first-order valence-corrected chi connectivity index (χ1v) is 13.3. The second kappa shape index (κ2) is 12.3. The molecular weight excluding hydrogens is 394 g/mol. The standard InChI is InChI=1S/C28H43N3O/c1-32-26-19-11-12-22(20-26)27(29-23-13-5-2-6-14-23)21-28(30-24-15-7-3-8-16-24)31-25-17-9-4-10-18-25/h11-12,19-21,23-25,29H,2-10,13-18H2,1H3,(H,30,31)/b27-21-. The monoisotopic (exact) mass is 437 g/mol. The topological polar surface area (TPSA) is 45.6 Å². The van der Waals surface area contributed by atoms with Crippen molar-refractivity contribution in [3.63, 3.8) is 0 Å². The quantitative estimate of drug-likeness (QED) is 0.372. The van der Waals surface area contributed by atoms with Crippen molar-refractivity contribution in [1.29, 1.82) is 0 Å². The summed E-state index contributed by atoms with van der Waals surface area (Å²) in [5.41, 5.74) is 2.38. The summed E-state index contributed by atoms with van der Waals surface area (Å²) < 4.78 is 5.54. The lowest BCUT2D eigenvalue weighted by molar-refractivity contribution is 0.406. The Morgan fingerprint density at radius 3 is 2.03 bits per heavy atom. The van der Waals surface area contributed by atoms with Gasteiger partial charge in [0, 0.05) is 29.4 Å². The molecule has 4 nitrogen and oxygen atoms in total. The normalized spacial score (nSPS) is 22.5. The average Bonchev–Trinajstić information content (AvgIpc) is 2.85. The number of hydrogen-bond acceptors (Lipinski definition) is 3. The fourth-order valence-electron chi connectivity index (χ4n) is 5.58. The highest BCUT2D eigenvalue weighted by Crippen LogP contribution is 2.25. The van der Waals surface area contributed by atoms with Crippen molar-refractivity contribution < 1.29 is 4.74 Å². The molecule has 0 bridgehead atoms. The number of hydrogen-bond donors (Lipinski definition) is 2. The molecule has 4 rings (SSSR count). The molecule has 3 aliphatic carbocycles. The third kappa shape index (κ3) is 7.02. The predicted molar refractivity (Wildman–Crippen MR) is 135 cm³/mol. The molecule has 0 heterocycles. The first-order chi connectivity index (χ1) is 15.8. The first-order valence-electron chi connectivity index (χ1n) is 13.3. The van der Waals surface area contributed by atoms with Crippen LogP contribution in [0.2, 0.25) is 0 Å². The van der Waals surface area contributed by atoms with Gasteiger partial charge < -0.3 is 15.4 Å². The molecule has 3 saturated carbocycles. The highest BCUT2D eigenvalue weighted by atomic mass is 16.5. The molecule has 0 aliphatic heterocycles. The van der Waals surface area contributed by atoms with Gasteiger partial charge in [-0.15, -0.1) is 0 Å². The van der Waals surface area contributed by atoms with Gasteiger partial charge in [-0.2, -0.15) is 0 Å². The summed E-state index contributed by atoms with van der Waals surface area (Å²) in [6, 6.07) is 10.0. The van der Waals surface area contributed by atoms with Gasteiger partial charge in [0.15, 0.2) is 0 Å². The minimum atomic E-state index is 0.465. The summed E-state index contributed by atoms with van der Waals surface area (Å²) >= 11 is 0. The lowest BCUT2D eigenvalue weighted by Crippen LogP contribution is -2.37. The van der Waals surface area contributed by atoms with E-state index in [4.69, 9.17) is 9.73 Å². The Morgan fingerprint density at radius 1 is 0.812 bits per heavy atom. The van der Waals surface area contributed by atoms with E-state index in [9.17, 15) is 0 Å². The number of ether oxygens (including phenoxy) is 1. The van der Waals surface area contributed by atoms with Gasteiger partial charge >= 0.3 is 0 Å². The minimum Gasteiger partial charge on any atom is -0.497 e. The number of methoxy groups -OCH3 is 1. The predicted octanol–water partition coefficient (Wildman–Crippen LogP) is 6.61. The average molecular weight is 438 g/mol. The zero-order chi connectivity index (χ0) is 22.0. The van der Waals surface area contributed by atoms with Crippen molar-refractivity contribution in [2.24, 2.45) is 4.99 Å². The highest BCUT2D eigenvalue weighted by molar-refractivity contribution is 5.99. The summed E-state index contributed by atoms with van der Waals surface area (Å²) in [5, 5.41) is 7.78. The van der Waals surface area contributed by atoms with Crippen LogP contribution >= 0.6 is 0 Å². The summed E-state index contributed by atoms with van der Waals surface area (Å²) in [5.74, 6) is 2.00. The maximum absolute atomic E-state index is 5.54. The Balaban J connectivity index is 1.62. The van der Waals surface area contributed by atoms with Crippen LogP contribution in [0.25, 0.3) is 5.70 Å². The molecule has 3 aliphatic rings. The molecule has 1 aromatic rings.